The van der Waals surface area contributed by atoms with Gasteiger partial charge in [-0.2, -0.15) is 0 Å². The zero-order valence-corrected chi connectivity index (χ0v) is 15.6. The molecule has 0 heterocycles. The number of hydrogen-bond acceptors (Lipinski definition) is 2. The monoisotopic (exact) mass is 348 g/mol. The van der Waals surface area contributed by atoms with Crippen LogP contribution in [0.25, 0.3) is 0 Å². The summed E-state index contributed by atoms with van der Waals surface area (Å²) in [5.74, 6) is -2.31. The van der Waals surface area contributed by atoms with Crippen LogP contribution in [-0.4, -0.2) is 22.2 Å². The number of rotatable bonds is 13. The maximum atomic E-state index is 11.6. The molecule has 0 aliphatic heterocycles. The Balaban J connectivity index is 2.71. The van der Waals surface area contributed by atoms with Crippen LogP contribution in [0.3, 0.4) is 0 Å². The third-order valence-electron chi connectivity index (χ3n) is 4.65. The average Bonchev–Trinajstić information content (AvgIpc) is 2.57. The standard InChI is InChI=1S/C21H32O4/c1-3-5-6-7-8-9-10-11-13-16-14-15-18(20(22)23)19(21(24)25)17(16)12-4-2/h14-15H,3-13H2,1-2H3,(H,22,23)(H,24,25). The highest BCUT2D eigenvalue weighted by Gasteiger charge is 2.22. The van der Waals surface area contributed by atoms with Crippen LogP contribution < -0.4 is 0 Å². The number of carboxylic acid groups (broad SMARTS) is 2. The van der Waals surface area contributed by atoms with Crippen molar-refractivity contribution in [2.24, 2.45) is 0 Å². The molecule has 4 heteroatoms. The van der Waals surface area contributed by atoms with Crippen LogP contribution in [0.5, 0.6) is 0 Å². The fourth-order valence-electron chi connectivity index (χ4n) is 3.33. The molecule has 0 aromatic heterocycles. The van der Waals surface area contributed by atoms with E-state index in [0.29, 0.717) is 12.0 Å². The largest absolute Gasteiger partial charge is 0.478 e. The lowest BCUT2D eigenvalue weighted by atomic mass is 9.90. The van der Waals surface area contributed by atoms with Gasteiger partial charge in [-0.15, -0.1) is 0 Å². The van der Waals surface area contributed by atoms with Gasteiger partial charge in [0.2, 0.25) is 0 Å². The predicted molar refractivity (Wildman–Crippen MR) is 101 cm³/mol. The van der Waals surface area contributed by atoms with Crippen molar-refractivity contribution in [1.29, 1.82) is 0 Å². The van der Waals surface area contributed by atoms with Crippen molar-refractivity contribution in [3.63, 3.8) is 0 Å². The fraction of sp³-hybridized carbons (Fsp3) is 0.619. The summed E-state index contributed by atoms with van der Waals surface area (Å²) in [7, 11) is 0. The molecule has 1 rings (SSSR count). The van der Waals surface area contributed by atoms with Gasteiger partial charge < -0.3 is 10.2 Å². The number of aromatic carboxylic acids is 2. The number of carboxylic acids is 2. The topological polar surface area (TPSA) is 74.6 Å². The summed E-state index contributed by atoms with van der Waals surface area (Å²) in [6.07, 6.45) is 12.1. The van der Waals surface area contributed by atoms with Crippen LogP contribution in [0.15, 0.2) is 12.1 Å². The Bertz CT molecular complexity index is 563. The number of aryl methyl sites for hydroxylation is 1. The van der Waals surface area contributed by atoms with Crippen LogP contribution in [0.1, 0.15) is 103 Å². The van der Waals surface area contributed by atoms with E-state index in [2.05, 4.69) is 6.92 Å². The highest BCUT2D eigenvalue weighted by atomic mass is 16.4. The molecule has 0 fully saturated rings. The zero-order valence-electron chi connectivity index (χ0n) is 15.6. The maximum Gasteiger partial charge on any atom is 0.336 e. The lowest BCUT2D eigenvalue weighted by Gasteiger charge is -2.14. The first-order valence-corrected chi connectivity index (χ1v) is 9.64. The van der Waals surface area contributed by atoms with E-state index in [0.717, 1.165) is 31.2 Å². The van der Waals surface area contributed by atoms with Crippen molar-refractivity contribution in [3.8, 4) is 0 Å². The van der Waals surface area contributed by atoms with E-state index in [1.54, 1.807) is 0 Å². The van der Waals surface area contributed by atoms with Gasteiger partial charge in [0.25, 0.3) is 0 Å². The third kappa shape index (κ3) is 6.89. The molecule has 0 radical (unpaired) electrons. The molecule has 0 spiro atoms. The van der Waals surface area contributed by atoms with Gasteiger partial charge in [-0.1, -0.05) is 71.3 Å². The van der Waals surface area contributed by atoms with Crippen LogP contribution in [0.2, 0.25) is 0 Å². The molecule has 25 heavy (non-hydrogen) atoms. The second-order valence-corrected chi connectivity index (χ2v) is 6.71. The van der Waals surface area contributed by atoms with Crippen molar-refractivity contribution in [3.05, 3.63) is 34.4 Å². The number of hydrogen-bond donors (Lipinski definition) is 2. The first-order valence-electron chi connectivity index (χ1n) is 9.64. The minimum absolute atomic E-state index is 0.0218. The van der Waals surface area contributed by atoms with E-state index in [1.165, 1.54) is 44.6 Å². The molecule has 1 aromatic carbocycles. The molecular formula is C21H32O4. The molecule has 0 unspecified atom stereocenters. The highest BCUT2D eigenvalue weighted by molar-refractivity contribution is 6.03. The molecule has 0 aliphatic carbocycles. The molecule has 0 atom stereocenters. The Morgan fingerprint density at radius 3 is 1.88 bits per heavy atom. The van der Waals surface area contributed by atoms with E-state index in [4.69, 9.17) is 0 Å². The van der Waals surface area contributed by atoms with Gasteiger partial charge in [-0.3, -0.25) is 0 Å². The molecule has 2 N–H and O–H groups in total. The molecule has 0 saturated heterocycles. The summed E-state index contributed by atoms with van der Waals surface area (Å²) in [6.45, 7) is 4.20. The predicted octanol–water partition coefficient (Wildman–Crippen LogP) is 5.72. The SMILES string of the molecule is CCCCCCCCCCc1ccc(C(=O)O)c(C(=O)O)c1CCC. The zero-order chi connectivity index (χ0) is 18.7. The normalized spacial score (nSPS) is 10.8. The maximum absolute atomic E-state index is 11.6. The molecule has 0 bridgehead atoms. The Kier molecular flexibility index (Phi) is 9.90. The van der Waals surface area contributed by atoms with Crippen LogP contribution >= 0.6 is 0 Å². The number of unbranched alkanes of at least 4 members (excludes halogenated alkanes) is 7. The van der Waals surface area contributed by atoms with Crippen LogP contribution in [-0.2, 0) is 12.8 Å². The van der Waals surface area contributed by atoms with Crippen LogP contribution in [0, 0.1) is 0 Å². The Morgan fingerprint density at radius 1 is 0.760 bits per heavy atom. The second kappa shape index (κ2) is 11.7. The van der Waals surface area contributed by atoms with Gasteiger partial charge >= 0.3 is 11.9 Å². The molecule has 140 valence electrons. The quantitative estimate of drug-likeness (QED) is 0.447. The first kappa shape index (κ1) is 21.2. The van der Waals surface area contributed by atoms with E-state index in [9.17, 15) is 19.8 Å². The van der Waals surface area contributed by atoms with Crippen molar-refractivity contribution >= 4 is 11.9 Å². The Morgan fingerprint density at radius 2 is 1.36 bits per heavy atom. The van der Waals surface area contributed by atoms with E-state index in [1.807, 2.05) is 13.0 Å². The molecule has 0 amide bonds. The van der Waals surface area contributed by atoms with Gasteiger partial charge in [0.15, 0.2) is 0 Å². The van der Waals surface area contributed by atoms with Crippen molar-refractivity contribution in [2.45, 2.75) is 84.5 Å². The summed E-state index contributed by atoms with van der Waals surface area (Å²) in [5, 5.41) is 18.8. The first-order chi connectivity index (χ1) is 12.0. The Hall–Kier alpha value is -1.84. The number of benzene rings is 1. The van der Waals surface area contributed by atoms with E-state index < -0.39 is 11.9 Å². The second-order valence-electron chi connectivity index (χ2n) is 6.71. The van der Waals surface area contributed by atoms with Crippen molar-refractivity contribution < 1.29 is 19.8 Å². The summed E-state index contributed by atoms with van der Waals surface area (Å²) in [5.41, 5.74) is 1.58. The van der Waals surface area contributed by atoms with Gasteiger partial charge in [0.1, 0.15) is 0 Å². The van der Waals surface area contributed by atoms with Gasteiger partial charge in [0, 0.05) is 0 Å². The summed E-state index contributed by atoms with van der Waals surface area (Å²) < 4.78 is 0. The van der Waals surface area contributed by atoms with Crippen molar-refractivity contribution in [1.82, 2.24) is 0 Å². The summed E-state index contributed by atoms with van der Waals surface area (Å²) >= 11 is 0. The van der Waals surface area contributed by atoms with Gasteiger partial charge in [-0.25, -0.2) is 9.59 Å². The number of carbonyl (C=O) groups is 2. The highest BCUT2D eigenvalue weighted by Crippen LogP contribution is 2.24. The van der Waals surface area contributed by atoms with E-state index in [-0.39, 0.29) is 11.1 Å². The Labute approximate surface area is 151 Å². The van der Waals surface area contributed by atoms with Gasteiger partial charge in [0.05, 0.1) is 11.1 Å². The minimum atomic E-state index is -1.17. The van der Waals surface area contributed by atoms with Gasteiger partial charge in [-0.05, 0) is 36.5 Å². The summed E-state index contributed by atoms with van der Waals surface area (Å²) in [6, 6.07) is 3.26. The smallest absolute Gasteiger partial charge is 0.336 e. The average molecular weight is 348 g/mol. The molecule has 1 aromatic rings. The van der Waals surface area contributed by atoms with Crippen LogP contribution in [0.4, 0.5) is 0 Å². The van der Waals surface area contributed by atoms with Crippen molar-refractivity contribution in [2.75, 3.05) is 0 Å². The lowest BCUT2D eigenvalue weighted by Crippen LogP contribution is -2.14. The lowest BCUT2D eigenvalue weighted by molar-refractivity contribution is 0.0650. The molecule has 4 nitrogen and oxygen atoms in total. The minimum Gasteiger partial charge on any atom is -0.478 e. The fourth-order valence-corrected chi connectivity index (χ4v) is 3.33. The van der Waals surface area contributed by atoms with E-state index >= 15 is 0 Å². The third-order valence-corrected chi connectivity index (χ3v) is 4.65. The molecule has 0 aliphatic rings. The molecular weight excluding hydrogens is 316 g/mol. The summed E-state index contributed by atoms with van der Waals surface area (Å²) in [4.78, 5) is 23.0. The molecule has 0 saturated carbocycles.